The van der Waals surface area contributed by atoms with Gasteiger partial charge in [0.05, 0.1) is 5.69 Å². The third-order valence-electron chi connectivity index (χ3n) is 2.49. The van der Waals surface area contributed by atoms with Crippen molar-refractivity contribution >= 4 is 40.3 Å². The molecule has 0 saturated carbocycles. The summed E-state index contributed by atoms with van der Waals surface area (Å²) >= 11 is 10.7. The predicted octanol–water partition coefficient (Wildman–Crippen LogP) is 2.53. The summed E-state index contributed by atoms with van der Waals surface area (Å²) < 4.78 is 0. The highest BCUT2D eigenvalue weighted by atomic mass is 35.5. The van der Waals surface area contributed by atoms with Crippen molar-refractivity contribution in [2.45, 2.75) is 0 Å². The minimum atomic E-state index is 0.347. The standard InChI is InChI=1S/C12H11ClN4S/c1-17(11-7-6-10(13)15-16-11)9-5-3-2-4-8(9)12(14)18/h2-7H,1H3,(H2,14,18). The van der Waals surface area contributed by atoms with Gasteiger partial charge in [0.15, 0.2) is 11.0 Å². The van der Waals surface area contributed by atoms with E-state index >= 15 is 0 Å². The molecule has 4 nitrogen and oxygen atoms in total. The molecule has 6 heteroatoms. The van der Waals surface area contributed by atoms with Crippen molar-refractivity contribution in [3.63, 3.8) is 0 Å². The minimum absolute atomic E-state index is 0.347. The Kier molecular flexibility index (Phi) is 3.74. The van der Waals surface area contributed by atoms with E-state index in [9.17, 15) is 0 Å². The van der Waals surface area contributed by atoms with E-state index in [2.05, 4.69) is 10.2 Å². The molecule has 0 aliphatic heterocycles. The van der Waals surface area contributed by atoms with Crippen LogP contribution in [0.1, 0.15) is 5.56 Å². The first-order valence-electron chi connectivity index (χ1n) is 5.21. The highest BCUT2D eigenvalue weighted by molar-refractivity contribution is 7.80. The van der Waals surface area contributed by atoms with E-state index < -0.39 is 0 Å². The third-order valence-corrected chi connectivity index (χ3v) is 2.91. The zero-order valence-electron chi connectivity index (χ0n) is 9.67. The lowest BCUT2D eigenvalue weighted by Gasteiger charge is -2.20. The molecule has 0 amide bonds. The van der Waals surface area contributed by atoms with Crippen LogP contribution in [0, 0.1) is 0 Å². The van der Waals surface area contributed by atoms with Gasteiger partial charge in [-0.3, -0.25) is 0 Å². The number of anilines is 2. The molecule has 0 spiro atoms. The Balaban J connectivity index is 2.42. The van der Waals surface area contributed by atoms with E-state index in [1.165, 1.54) is 0 Å². The lowest BCUT2D eigenvalue weighted by Crippen LogP contribution is -2.18. The second-order valence-electron chi connectivity index (χ2n) is 3.65. The number of para-hydroxylation sites is 1. The zero-order chi connectivity index (χ0) is 13.1. The maximum Gasteiger partial charge on any atom is 0.155 e. The van der Waals surface area contributed by atoms with Crippen LogP contribution in [-0.4, -0.2) is 22.2 Å². The van der Waals surface area contributed by atoms with Crippen LogP contribution in [-0.2, 0) is 0 Å². The van der Waals surface area contributed by atoms with Crippen LogP contribution in [0.2, 0.25) is 5.15 Å². The van der Waals surface area contributed by atoms with Crippen molar-refractivity contribution in [3.05, 3.63) is 47.1 Å². The van der Waals surface area contributed by atoms with Gasteiger partial charge in [0.2, 0.25) is 0 Å². The number of thiocarbonyl (C=S) groups is 1. The molecule has 2 aromatic rings. The summed E-state index contributed by atoms with van der Waals surface area (Å²) in [5, 5.41) is 8.18. The second kappa shape index (κ2) is 5.29. The van der Waals surface area contributed by atoms with E-state index in [4.69, 9.17) is 29.6 Å². The molecule has 0 aliphatic rings. The van der Waals surface area contributed by atoms with Crippen LogP contribution >= 0.6 is 23.8 Å². The van der Waals surface area contributed by atoms with Crippen LogP contribution in [0.3, 0.4) is 0 Å². The SMILES string of the molecule is CN(c1ccc(Cl)nn1)c1ccccc1C(N)=S. The van der Waals surface area contributed by atoms with E-state index in [1.54, 1.807) is 12.1 Å². The molecule has 0 bridgehead atoms. The molecule has 2 rings (SSSR count). The first-order valence-corrected chi connectivity index (χ1v) is 6.00. The Hall–Kier alpha value is -1.72. The fourth-order valence-electron chi connectivity index (χ4n) is 1.59. The molecule has 0 unspecified atom stereocenters. The van der Waals surface area contributed by atoms with E-state index in [1.807, 2.05) is 36.2 Å². The Morgan fingerprint density at radius 3 is 2.56 bits per heavy atom. The van der Waals surface area contributed by atoms with Gasteiger partial charge in [0.25, 0.3) is 0 Å². The average molecular weight is 279 g/mol. The largest absolute Gasteiger partial charge is 0.389 e. The molecular formula is C12H11ClN4S. The highest BCUT2D eigenvalue weighted by Crippen LogP contribution is 2.25. The fraction of sp³-hybridized carbons (Fsp3) is 0.0833. The van der Waals surface area contributed by atoms with Crippen LogP contribution in [0.5, 0.6) is 0 Å². The number of hydrogen-bond acceptors (Lipinski definition) is 4. The maximum atomic E-state index is 5.71. The molecule has 18 heavy (non-hydrogen) atoms. The van der Waals surface area contributed by atoms with Crippen molar-refractivity contribution in [1.82, 2.24) is 10.2 Å². The van der Waals surface area contributed by atoms with Gasteiger partial charge in [-0.2, -0.15) is 0 Å². The van der Waals surface area contributed by atoms with Gasteiger partial charge >= 0.3 is 0 Å². The number of rotatable bonds is 3. The van der Waals surface area contributed by atoms with Crippen LogP contribution in [0.15, 0.2) is 36.4 Å². The Morgan fingerprint density at radius 2 is 1.94 bits per heavy atom. The van der Waals surface area contributed by atoms with Gasteiger partial charge in [-0.15, -0.1) is 10.2 Å². The number of halogens is 1. The van der Waals surface area contributed by atoms with Gasteiger partial charge in [-0.1, -0.05) is 36.0 Å². The van der Waals surface area contributed by atoms with Gasteiger partial charge in [0, 0.05) is 12.6 Å². The number of benzene rings is 1. The molecule has 0 saturated heterocycles. The van der Waals surface area contributed by atoms with E-state index in [0.29, 0.717) is 16.0 Å². The summed E-state index contributed by atoms with van der Waals surface area (Å²) in [6.07, 6.45) is 0. The summed E-state index contributed by atoms with van der Waals surface area (Å²) in [6.45, 7) is 0. The number of aromatic nitrogens is 2. The molecular weight excluding hydrogens is 268 g/mol. The molecule has 1 heterocycles. The smallest absolute Gasteiger partial charge is 0.155 e. The van der Waals surface area contributed by atoms with Crippen molar-refractivity contribution in [1.29, 1.82) is 0 Å². The van der Waals surface area contributed by atoms with Crippen molar-refractivity contribution in [2.24, 2.45) is 5.73 Å². The molecule has 1 aromatic heterocycles. The van der Waals surface area contributed by atoms with Gasteiger partial charge in [0.1, 0.15) is 4.99 Å². The molecule has 0 radical (unpaired) electrons. The number of hydrogen-bond donors (Lipinski definition) is 1. The number of nitrogens with two attached hydrogens (primary N) is 1. The summed E-state index contributed by atoms with van der Waals surface area (Å²) in [5.74, 6) is 0.670. The lowest BCUT2D eigenvalue weighted by molar-refractivity contribution is 0.987. The summed E-state index contributed by atoms with van der Waals surface area (Å²) in [6, 6.07) is 11.1. The van der Waals surface area contributed by atoms with E-state index in [0.717, 1.165) is 11.3 Å². The number of nitrogens with zero attached hydrogens (tertiary/aromatic N) is 3. The Morgan fingerprint density at radius 1 is 1.22 bits per heavy atom. The molecule has 0 fully saturated rings. The quantitative estimate of drug-likeness (QED) is 0.875. The predicted molar refractivity (Wildman–Crippen MR) is 77.4 cm³/mol. The van der Waals surface area contributed by atoms with Gasteiger partial charge in [-0.05, 0) is 24.3 Å². The monoisotopic (exact) mass is 278 g/mol. The van der Waals surface area contributed by atoms with Crippen molar-refractivity contribution in [3.8, 4) is 0 Å². The first kappa shape index (κ1) is 12.7. The average Bonchev–Trinajstić information content (AvgIpc) is 2.39. The Labute approximate surface area is 115 Å². The summed E-state index contributed by atoms with van der Waals surface area (Å²) in [7, 11) is 1.87. The Bertz CT molecular complexity index is 571. The van der Waals surface area contributed by atoms with Crippen LogP contribution < -0.4 is 10.6 Å². The minimum Gasteiger partial charge on any atom is -0.389 e. The molecule has 92 valence electrons. The summed E-state index contributed by atoms with van der Waals surface area (Å²) in [5.41, 5.74) is 7.38. The van der Waals surface area contributed by atoms with Gasteiger partial charge in [-0.25, -0.2) is 0 Å². The third kappa shape index (κ3) is 2.57. The molecule has 2 N–H and O–H groups in total. The normalized spacial score (nSPS) is 10.1. The molecule has 0 aliphatic carbocycles. The van der Waals surface area contributed by atoms with Crippen molar-refractivity contribution < 1.29 is 0 Å². The second-order valence-corrected chi connectivity index (χ2v) is 4.48. The highest BCUT2D eigenvalue weighted by Gasteiger charge is 2.11. The van der Waals surface area contributed by atoms with Crippen LogP contribution in [0.25, 0.3) is 0 Å². The van der Waals surface area contributed by atoms with E-state index in [-0.39, 0.29) is 0 Å². The molecule has 0 atom stereocenters. The first-order chi connectivity index (χ1) is 8.59. The lowest BCUT2D eigenvalue weighted by atomic mass is 10.1. The van der Waals surface area contributed by atoms with Crippen molar-refractivity contribution in [2.75, 3.05) is 11.9 Å². The topological polar surface area (TPSA) is 55.0 Å². The van der Waals surface area contributed by atoms with Gasteiger partial charge < -0.3 is 10.6 Å². The maximum absolute atomic E-state index is 5.71. The van der Waals surface area contributed by atoms with Crippen LogP contribution in [0.4, 0.5) is 11.5 Å². The zero-order valence-corrected chi connectivity index (χ0v) is 11.2. The fourth-order valence-corrected chi connectivity index (χ4v) is 1.86. The summed E-state index contributed by atoms with van der Waals surface area (Å²) in [4.78, 5) is 2.21. The molecule has 1 aromatic carbocycles.